The van der Waals surface area contributed by atoms with E-state index in [9.17, 15) is 28.1 Å². The number of carbonyl (C=O) groups excluding carboxylic acids is 1. The smallest absolute Gasteiger partial charge is 0.396 e. The van der Waals surface area contributed by atoms with E-state index in [1.54, 1.807) is 0 Å². The number of nitrogens with zero attached hydrogens (tertiary/aromatic N) is 2. The van der Waals surface area contributed by atoms with Gasteiger partial charge in [0.25, 0.3) is 5.24 Å². The summed E-state index contributed by atoms with van der Waals surface area (Å²) in [6.07, 6.45) is -4.43. The number of nitro groups is 1. The minimum atomic E-state index is -5.15. The van der Waals surface area contributed by atoms with Crippen molar-refractivity contribution in [1.29, 1.82) is 0 Å². The predicted octanol–water partition coefficient (Wildman–Crippen LogP) is 2.58. The molecule has 0 aliphatic rings. The van der Waals surface area contributed by atoms with Gasteiger partial charge in [0.05, 0.1) is 5.56 Å². The van der Waals surface area contributed by atoms with Crippen LogP contribution in [0.25, 0.3) is 0 Å². The number of carbonyl (C=O) groups is 1. The van der Waals surface area contributed by atoms with Gasteiger partial charge in [-0.3, -0.25) is 4.79 Å². The van der Waals surface area contributed by atoms with Crippen molar-refractivity contribution in [3.8, 4) is 5.75 Å². The summed E-state index contributed by atoms with van der Waals surface area (Å²) in [7, 11) is 0. The van der Waals surface area contributed by atoms with E-state index in [1.807, 2.05) is 0 Å². The Bertz CT molecular complexity index is 518. The van der Waals surface area contributed by atoms with Gasteiger partial charge in [0.15, 0.2) is 6.20 Å². The summed E-state index contributed by atoms with van der Waals surface area (Å²) >= 11 is 5.10. The van der Waals surface area contributed by atoms with Gasteiger partial charge in [-0.15, -0.1) is 13.2 Å². The van der Waals surface area contributed by atoms with Gasteiger partial charge in [0.1, 0.15) is 0 Å². The SMILES string of the molecule is Cc1c(C(=O)Cl)cnc([N+](=O)[O-])c1OC(F)(F)F. The molecule has 0 aromatic carbocycles. The zero-order chi connectivity index (χ0) is 14.1. The molecule has 98 valence electrons. The van der Waals surface area contributed by atoms with Crippen LogP contribution in [0.1, 0.15) is 15.9 Å². The molecule has 0 fully saturated rings. The second kappa shape index (κ2) is 4.77. The van der Waals surface area contributed by atoms with Crippen LogP contribution in [0.3, 0.4) is 0 Å². The lowest BCUT2D eigenvalue weighted by Gasteiger charge is -2.11. The van der Waals surface area contributed by atoms with E-state index < -0.39 is 39.2 Å². The summed E-state index contributed by atoms with van der Waals surface area (Å²) in [5.74, 6) is -2.30. The molecule has 1 rings (SSSR count). The van der Waals surface area contributed by atoms with Gasteiger partial charge in [0, 0.05) is 5.56 Å². The number of hydrogen-bond donors (Lipinski definition) is 0. The molecule has 0 N–H and O–H groups in total. The molecule has 0 aliphatic carbocycles. The third-order valence-electron chi connectivity index (χ3n) is 1.87. The van der Waals surface area contributed by atoms with Gasteiger partial charge in [-0.25, -0.2) is 0 Å². The molecule has 0 atom stereocenters. The number of alkyl halides is 3. The molecule has 0 spiro atoms. The van der Waals surface area contributed by atoms with E-state index in [2.05, 4.69) is 9.72 Å². The summed E-state index contributed by atoms with van der Waals surface area (Å²) in [5.41, 5.74) is -0.810. The summed E-state index contributed by atoms with van der Waals surface area (Å²) in [5, 5.41) is 9.42. The van der Waals surface area contributed by atoms with E-state index in [0.717, 1.165) is 6.92 Å². The zero-order valence-corrected chi connectivity index (χ0v) is 9.37. The fourth-order valence-electron chi connectivity index (χ4n) is 1.14. The van der Waals surface area contributed by atoms with Crippen LogP contribution in [0.4, 0.5) is 19.0 Å². The Kier molecular flexibility index (Phi) is 3.75. The van der Waals surface area contributed by atoms with Crippen LogP contribution in [0, 0.1) is 17.0 Å². The second-order valence-corrected chi connectivity index (χ2v) is 3.37. The molecule has 1 heterocycles. The Morgan fingerprint density at radius 2 is 2.11 bits per heavy atom. The number of halogens is 4. The van der Waals surface area contributed by atoms with Gasteiger partial charge < -0.3 is 14.9 Å². The van der Waals surface area contributed by atoms with Crippen LogP contribution in [0.5, 0.6) is 5.75 Å². The van der Waals surface area contributed by atoms with Gasteiger partial charge in [0.2, 0.25) is 5.75 Å². The first-order valence-electron chi connectivity index (χ1n) is 4.23. The lowest BCUT2D eigenvalue weighted by molar-refractivity contribution is -0.393. The number of pyridine rings is 1. The molecule has 0 radical (unpaired) electrons. The number of aromatic nitrogens is 1. The maximum atomic E-state index is 12.1. The summed E-state index contributed by atoms with van der Waals surface area (Å²) < 4.78 is 39.8. The van der Waals surface area contributed by atoms with E-state index in [1.165, 1.54) is 0 Å². The molecule has 6 nitrogen and oxygen atoms in total. The Hall–Kier alpha value is -1.90. The van der Waals surface area contributed by atoms with Crippen LogP contribution in [0.15, 0.2) is 6.20 Å². The molecule has 0 bridgehead atoms. The van der Waals surface area contributed by atoms with Crippen LogP contribution in [0.2, 0.25) is 0 Å². The fourth-order valence-corrected chi connectivity index (χ4v) is 1.33. The van der Waals surface area contributed by atoms with Crippen LogP contribution < -0.4 is 4.74 Å². The first-order valence-corrected chi connectivity index (χ1v) is 4.61. The number of ether oxygens (including phenoxy) is 1. The van der Waals surface area contributed by atoms with Crippen LogP contribution in [-0.4, -0.2) is 21.5 Å². The Labute approximate surface area is 102 Å². The standard InChI is InChI=1S/C8H4ClF3N2O4/c1-3-4(6(9)15)2-13-7(14(16)17)5(3)18-8(10,11)12/h2H,1H3. The first-order chi connectivity index (χ1) is 8.13. The minimum absolute atomic E-state index is 0.401. The molecule has 0 amide bonds. The molecule has 18 heavy (non-hydrogen) atoms. The molecule has 0 unspecified atom stereocenters. The predicted molar refractivity (Wildman–Crippen MR) is 52.5 cm³/mol. The zero-order valence-electron chi connectivity index (χ0n) is 8.62. The fraction of sp³-hybridized carbons (Fsp3) is 0.250. The quantitative estimate of drug-likeness (QED) is 0.484. The topological polar surface area (TPSA) is 82.3 Å². The van der Waals surface area contributed by atoms with Gasteiger partial charge in [-0.05, 0) is 28.4 Å². The number of rotatable bonds is 3. The van der Waals surface area contributed by atoms with Crippen LogP contribution >= 0.6 is 11.6 Å². The van der Waals surface area contributed by atoms with Crippen molar-refractivity contribution in [3.63, 3.8) is 0 Å². The third kappa shape index (κ3) is 3.06. The number of hydrogen-bond acceptors (Lipinski definition) is 5. The lowest BCUT2D eigenvalue weighted by Crippen LogP contribution is -2.19. The molecule has 0 saturated carbocycles. The maximum Gasteiger partial charge on any atom is 0.573 e. The van der Waals surface area contributed by atoms with Crippen molar-refractivity contribution in [2.45, 2.75) is 13.3 Å². The highest BCUT2D eigenvalue weighted by Crippen LogP contribution is 2.35. The molecular formula is C8H4ClF3N2O4. The van der Waals surface area contributed by atoms with E-state index in [0.29, 0.717) is 6.20 Å². The van der Waals surface area contributed by atoms with Crippen LogP contribution in [-0.2, 0) is 0 Å². The Morgan fingerprint density at radius 1 is 1.56 bits per heavy atom. The highest BCUT2D eigenvalue weighted by molar-refractivity contribution is 6.67. The molecular weight excluding hydrogens is 281 g/mol. The average Bonchev–Trinajstić information content (AvgIpc) is 2.17. The maximum absolute atomic E-state index is 12.1. The molecule has 1 aromatic rings. The molecule has 1 aromatic heterocycles. The second-order valence-electron chi connectivity index (χ2n) is 3.03. The highest BCUT2D eigenvalue weighted by atomic mass is 35.5. The van der Waals surface area contributed by atoms with Crippen molar-refractivity contribution < 1.29 is 27.6 Å². The Balaban J connectivity index is 3.45. The van der Waals surface area contributed by atoms with Gasteiger partial charge >= 0.3 is 12.2 Å². The van der Waals surface area contributed by atoms with Crippen molar-refractivity contribution in [2.75, 3.05) is 0 Å². The summed E-state index contributed by atoms with van der Waals surface area (Å²) in [6.45, 7) is 1.03. The largest absolute Gasteiger partial charge is 0.573 e. The third-order valence-corrected chi connectivity index (χ3v) is 2.07. The van der Waals surface area contributed by atoms with Crippen molar-refractivity contribution >= 4 is 22.7 Å². The van der Waals surface area contributed by atoms with Crippen molar-refractivity contribution in [3.05, 3.63) is 27.4 Å². The Morgan fingerprint density at radius 3 is 2.50 bits per heavy atom. The van der Waals surface area contributed by atoms with E-state index in [-0.39, 0.29) is 0 Å². The molecule has 10 heteroatoms. The highest BCUT2D eigenvalue weighted by Gasteiger charge is 2.37. The monoisotopic (exact) mass is 284 g/mol. The minimum Gasteiger partial charge on any atom is -0.396 e. The van der Waals surface area contributed by atoms with Crippen molar-refractivity contribution in [1.82, 2.24) is 4.98 Å². The van der Waals surface area contributed by atoms with Gasteiger partial charge in [-0.2, -0.15) is 0 Å². The normalized spacial score (nSPS) is 11.2. The lowest BCUT2D eigenvalue weighted by atomic mass is 10.1. The molecule has 0 aliphatic heterocycles. The van der Waals surface area contributed by atoms with E-state index in [4.69, 9.17) is 11.6 Å². The van der Waals surface area contributed by atoms with Gasteiger partial charge in [-0.1, -0.05) is 0 Å². The summed E-state index contributed by atoms with van der Waals surface area (Å²) in [6, 6.07) is 0. The molecule has 0 saturated heterocycles. The first kappa shape index (κ1) is 14.2. The van der Waals surface area contributed by atoms with Crippen molar-refractivity contribution in [2.24, 2.45) is 0 Å². The average molecular weight is 285 g/mol. The summed E-state index contributed by atoms with van der Waals surface area (Å²) in [4.78, 5) is 23.4. The van der Waals surface area contributed by atoms with E-state index >= 15 is 0 Å².